The maximum Gasteiger partial charge on any atom is 0.101 e. The summed E-state index contributed by atoms with van der Waals surface area (Å²) in [5, 5.41) is 8.71. The second kappa shape index (κ2) is 3.77. The van der Waals surface area contributed by atoms with Crippen molar-refractivity contribution in [3.63, 3.8) is 0 Å². The Bertz CT molecular complexity index is 363. The molecule has 0 bridgehead atoms. The Morgan fingerprint density at radius 1 is 1.57 bits per heavy atom. The molecule has 72 valence electrons. The molecule has 3 nitrogen and oxygen atoms in total. The second-order valence-electron chi connectivity index (χ2n) is 3.90. The number of nitriles is 1. The van der Waals surface area contributed by atoms with Crippen molar-refractivity contribution >= 4 is 0 Å². The molecule has 2 N–H and O–H groups in total. The smallest absolute Gasteiger partial charge is 0.101 e. The highest BCUT2D eigenvalue weighted by Gasteiger charge is 2.24. The normalized spacial score (nSPS) is 17.4. The Morgan fingerprint density at radius 3 is 3.00 bits per heavy atom. The van der Waals surface area contributed by atoms with Gasteiger partial charge >= 0.3 is 0 Å². The van der Waals surface area contributed by atoms with E-state index in [-0.39, 0.29) is 6.04 Å². The van der Waals surface area contributed by atoms with Crippen molar-refractivity contribution < 1.29 is 0 Å². The van der Waals surface area contributed by atoms with Crippen LogP contribution in [0.4, 0.5) is 0 Å². The lowest BCUT2D eigenvalue weighted by Crippen LogP contribution is -2.11. The minimum absolute atomic E-state index is 0.0447. The second-order valence-corrected chi connectivity index (χ2v) is 3.90. The zero-order chi connectivity index (χ0) is 9.97. The van der Waals surface area contributed by atoms with Crippen LogP contribution in [0, 0.1) is 17.2 Å². The first-order valence-electron chi connectivity index (χ1n) is 4.90. The van der Waals surface area contributed by atoms with Crippen LogP contribution in [0.1, 0.15) is 36.4 Å². The molecule has 1 heterocycles. The molecule has 0 aromatic carbocycles. The van der Waals surface area contributed by atoms with Gasteiger partial charge in [-0.25, -0.2) is 0 Å². The fourth-order valence-corrected chi connectivity index (χ4v) is 1.57. The molecule has 0 aliphatic heterocycles. The predicted molar refractivity (Wildman–Crippen MR) is 53.2 cm³/mol. The molecular formula is C11H13N3. The van der Waals surface area contributed by atoms with Crippen molar-refractivity contribution in [2.24, 2.45) is 11.7 Å². The molecule has 1 aliphatic carbocycles. The highest BCUT2D eigenvalue weighted by Crippen LogP contribution is 2.36. The van der Waals surface area contributed by atoms with Crippen molar-refractivity contribution in [2.45, 2.75) is 25.3 Å². The number of rotatable bonds is 3. The van der Waals surface area contributed by atoms with E-state index in [2.05, 4.69) is 11.1 Å². The molecular weight excluding hydrogens is 174 g/mol. The highest BCUT2D eigenvalue weighted by atomic mass is 14.7. The molecule has 1 saturated carbocycles. The fourth-order valence-electron chi connectivity index (χ4n) is 1.57. The number of aromatic nitrogens is 1. The Labute approximate surface area is 83.6 Å². The molecule has 1 atom stereocenters. The van der Waals surface area contributed by atoms with Crippen molar-refractivity contribution in [3.8, 4) is 6.07 Å². The molecule has 0 saturated heterocycles. The Hall–Kier alpha value is -1.40. The van der Waals surface area contributed by atoms with Crippen LogP contribution in [0.5, 0.6) is 0 Å². The van der Waals surface area contributed by atoms with Gasteiger partial charge in [-0.05, 0) is 24.0 Å². The summed E-state index contributed by atoms with van der Waals surface area (Å²) in [6.07, 6.45) is 6.95. The van der Waals surface area contributed by atoms with E-state index < -0.39 is 0 Å². The van der Waals surface area contributed by atoms with Gasteiger partial charge in [0.15, 0.2) is 0 Å². The third-order valence-corrected chi connectivity index (χ3v) is 2.60. The zero-order valence-electron chi connectivity index (χ0n) is 7.98. The van der Waals surface area contributed by atoms with Crippen molar-refractivity contribution in [2.75, 3.05) is 0 Å². The molecule has 1 aliphatic rings. The molecule has 1 aromatic rings. The van der Waals surface area contributed by atoms with Gasteiger partial charge in [0, 0.05) is 18.4 Å². The fraction of sp³-hybridized carbons (Fsp3) is 0.455. The number of nitrogens with zero attached hydrogens (tertiary/aromatic N) is 2. The van der Waals surface area contributed by atoms with Crippen LogP contribution < -0.4 is 5.73 Å². The SMILES string of the molecule is N#Cc1cncc([C@@H](N)CC2CC2)c1. The third kappa shape index (κ3) is 2.09. The van der Waals surface area contributed by atoms with E-state index in [0.29, 0.717) is 5.56 Å². The Kier molecular flexibility index (Phi) is 2.47. The topological polar surface area (TPSA) is 62.7 Å². The van der Waals surface area contributed by atoms with Gasteiger partial charge in [-0.2, -0.15) is 5.26 Å². The number of pyridine rings is 1. The summed E-state index contributed by atoms with van der Waals surface area (Å²) in [5.41, 5.74) is 7.58. The molecule has 1 aromatic heterocycles. The molecule has 3 heteroatoms. The predicted octanol–water partition coefficient (Wildman–Crippen LogP) is 1.75. The molecule has 0 unspecified atom stereocenters. The Morgan fingerprint density at radius 2 is 2.36 bits per heavy atom. The molecule has 1 fully saturated rings. The lowest BCUT2D eigenvalue weighted by atomic mass is 10.0. The average Bonchev–Trinajstić information content (AvgIpc) is 3.02. The van der Waals surface area contributed by atoms with Crippen LogP contribution in [0.3, 0.4) is 0 Å². The van der Waals surface area contributed by atoms with E-state index in [4.69, 9.17) is 11.0 Å². The number of hydrogen-bond donors (Lipinski definition) is 1. The van der Waals surface area contributed by atoms with Crippen LogP contribution in [-0.2, 0) is 0 Å². The van der Waals surface area contributed by atoms with Gasteiger partial charge in [0.05, 0.1) is 5.56 Å². The summed E-state index contributed by atoms with van der Waals surface area (Å²) in [6.45, 7) is 0. The molecule has 2 rings (SSSR count). The summed E-state index contributed by atoms with van der Waals surface area (Å²) in [4.78, 5) is 4.00. The summed E-state index contributed by atoms with van der Waals surface area (Å²) in [7, 11) is 0. The van der Waals surface area contributed by atoms with E-state index in [1.807, 2.05) is 6.07 Å². The van der Waals surface area contributed by atoms with Crippen molar-refractivity contribution in [3.05, 3.63) is 29.6 Å². The summed E-state index contributed by atoms with van der Waals surface area (Å²) < 4.78 is 0. The van der Waals surface area contributed by atoms with E-state index in [0.717, 1.165) is 17.9 Å². The molecule has 14 heavy (non-hydrogen) atoms. The monoisotopic (exact) mass is 187 g/mol. The summed E-state index contributed by atoms with van der Waals surface area (Å²) in [5.74, 6) is 0.802. The van der Waals surface area contributed by atoms with Gasteiger partial charge in [-0.1, -0.05) is 12.8 Å². The Balaban J connectivity index is 2.09. The number of hydrogen-bond acceptors (Lipinski definition) is 3. The molecule has 0 radical (unpaired) electrons. The lowest BCUT2D eigenvalue weighted by molar-refractivity contribution is 0.595. The van der Waals surface area contributed by atoms with Crippen LogP contribution in [-0.4, -0.2) is 4.98 Å². The van der Waals surface area contributed by atoms with Crippen LogP contribution in [0.15, 0.2) is 18.5 Å². The highest BCUT2D eigenvalue weighted by molar-refractivity contribution is 5.30. The van der Waals surface area contributed by atoms with Gasteiger partial charge in [-0.15, -0.1) is 0 Å². The first-order valence-corrected chi connectivity index (χ1v) is 4.90. The molecule has 0 amide bonds. The van der Waals surface area contributed by atoms with Crippen molar-refractivity contribution in [1.82, 2.24) is 4.98 Å². The van der Waals surface area contributed by atoms with Crippen LogP contribution in [0.2, 0.25) is 0 Å². The van der Waals surface area contributed by atoms with Gasteiger partial charge in [0.25, 0.3) is 0 Å². The van der Waals surface area contributed by atoms with Gasteiger partial charge in [0.1, 0.15) is 6.07 Å². The lowest BCUT2D eigenvalue weighted by Gasteiger charge is -2.10. The van der Waals surface area contributed by atoms with Gasteiger partial charge in [0.2, 0.25) is 0 Å². The third-order valence-electron chi connectivity index (χ3n) is 2.60. The molecule has 0 spiro atoms. The maximum absolute atomic E-state index is 8.71. The standard InChI is InChI=1S/C11H13N3/c12-5-9-3-10(7-14-6-9)11(13)4-8-1-2-8/h3,6-8,11H,1-2,4,13H2/t11-/m0/s1. The van der Waals surface area contributed by atoms with E-state index in [1.165, 1.54) is 12.8 Å². The number of nitrogens with two attached hydrogens (primary N) is 1. The van der Waals surface area contributed by atoms with E-state index in [9.17, 15) is 0 Å². The van der Waals surface area contributed by atoms with Crippen molar-refractivity contribution in [1.29, 1.82) is 5.26 Å². The van der Waals surface area contributed by atoms with Crippen LogP contribution >= 0.6 is 0 Å². The van der Waals surface area contributed by atoms with E-state index >= 15 is 0 Å². The minimum Gasteiger partial charge on any atom is -0.324 e. The quantitative estimate of drug-likeness (QED) is 0.784. The average molecular weight is 187 g/mol. The van der Waals surface area contributed by atoms with E-state index in [1.54, 1.807) is 12.4 Å². The summed E-state index contributed by atoms with van der Waals surface area (Å²) in [6, 6.07) is 3.95. The van der Waals surface area contributed by atoms with Gasteiger partial charge < -0.3 is 5.73 Å². The largest absolute Gasteiger partial charge is 0.324 e. The maximum atomic E-state index is 8.71. The zero-order valence-corrected chi connectivity index (χ0v) is 7.98. The minimum atomic E-state index is 0.0447. The first-order chi connectivity index (χ1) is 6.79. The summed E-state index contributed by atoms with van der Waals surface area (Å²) >= 11 is 0. The van der Waals surface area contributed by atoms with Crippen LogP contribution in [0.25, 0.3) is 0 Å². The van der Waals surface area contributed by atoms with Gasteiger partial charge in [-0.3, -0.25) is 4.98 Å². The first kappa shape index (κ1) is 9.17.